The number of hydrogen-bond donors (Lipinski definition) is 2. The maximum Gasteiger partial charge on any atom is 0.321 e. The Kier molecular flexibility index (Phi) is 3.60. The van der Waals surface area contributed by atoms with Crippen LogP contribution in [0.25, 0.3) is 0 Å². The third kappa shape index (κ3) is 3.11. The number of carbonyl (C=O) groups is 1. The van der Waals surface area contributed by atoms with Crippen LogP contribution in [-0.2, 0) is 6.54 Å². The van der Waals surface area contributed by atoms with Crippen LogP contribution in [-0.4, -0.2) is 16.2 Å². The molecule has 2 amide bonds. The summed E-state index contributed by atoms with van der Waals surface area (Å²) in [6, 6.07) is 5.92. The Morgan fingerprint density at radius 2 is 2.15 bits per heavy atom. The monoisotopic (exact) mass is 292 g/mol. The minimum atomic E-state index is -0.410. The van der Waals surface area contributed by atoms with Crippen LogP contribution < -0.4 is 10.6 Å². The molecule has 0 bridgehead atoms. The number of nitrogens with zero attached hydrogens (tertiary/aromatic N) is 2. The molecule has 1 aromatic heterocycles. The predicted molar refractivity (Wildman–Crippen MR) is 74.1 cm³/mol. The first-order chi connectivity index (χ1) is 9.72. The van der Waals surface area contributed by atoms with Crippen molar-refractivity contribution in [2.45, 2.75) is 25.3 Å². The van der Waals surface area contributed by atoms with Gasteiger partial charge >= 0.3 is 6.03 Å². The van der Waals surface area contributed by atoms with Gasteiger partial charge in [0.1, 0.15) is 10.8 Å². The second-order valence-electron chi connectivity index (χ2n) is 4.62. The lowest BCUT2D eigenvalue weighted by molar-refractivity contribution is 0.251. The van der Waals surface area contributed by atoms with E-state index in [1.54, 1.807) is 18.2 Å². The van der Waals surface area contributed by atoms with Crippen LogP contribution in [0, 0.1) is 5.82 Å². The van der Waals surface area contributed by atoms with Gasteiger partial charge < -0.3 is 5.32 Å². The molecule has 7 heteroatoms. The SMILES string of the molecule is O=C(NCc1ccccc1F)Nc1nnc(C2CC2)s1. The van der Waals surface area contributed by atoms with E-state index in [-0.39, 0.29) is 12.4 Å². The van der Waals surface area contributed by atoms with Gasteiger partial charge in [0.15, 0.2) is 0 Å². The highest BCUT2D eigenvalue weighted by molar-refractivity contribution is 7.15. The summed E-state index contributed by atoms with van der Waals surface area (Å²) in [4.78, 5) is 11.7. The van der Waals surface area contributed by atoms with Gasteiger partial charge in [0.25, 0.3) is 0 Å². The van der Waals surface area contributed by atoms with Gasteiger partial charge in [0.2, 0.25) is 5.13 Å². The highest BCUT2D eigenvalue weighted by Crippen LogP contribution is 2.41. The molecule has 2 N–H and O–H groups in total. The van der Waals surface area contributed by atoms with Crippen molar-refractivity contribution in [1.29, 1.82) is 0 Å². The van der Waals surface area contributed by atoms with Crippen molar-refractivity contribution < 1.29 is 9.18 Å². The lowest BCUT2D eigenvalue weighted by atomic mass is 10.2. The van der Waals surface area contributed by atoms with Crippen LogP contribution in [0.5, 0.6) is 0 Å². The lowest BCUT2D eigenvalue weighted by Gasteiger charge is -2.05. The topological polar surface area (TPSA) is 66.9 Å². The summed E-state index contributed by atoms with van der Waals surface area (Å²) >= 11 is 1.39. The molecular weight excluding hydrogens is 279 g/mol. The fourth-order valence-electron chi connectivity index (χ4n) is 1.74. The number of amides is 2. The fourth-order valence-corrected chi connectivity index (χ4v) is 2.65. The smallest absolute Gasteiger partial charge is 0.321 e. The Morgan fingerprint density at radius 3 is 2.90 bits per heavy atom. The molecule has 1 fully saturated rings. The minimum absolute atomic E-state index is 0.132. The zero-order valence-corrected chi connectivity index (χ0v) is 11.4. The molecule has 5 nitrogen and oxygen atoms in total. The zero-order valence-electron chi connectivity index (χ0n) is 10.6. The molecule has 0 unspecified atom stereocenters. The van der Waals surface area contributed by atoms with E-state index in [1.807, 2.05) is 0 Å². The summed E-state index contributed by atoms with van der Waals surface area (Å²) in [5, 5.41) is 14.6. The second-order valence-corrected chi connectivity index (χ2v) is 5.63. The van der Waals surface area contributed by atoms with Gasteiger partial charge in [-0.25, -0.2) is 9.18 Å². The van der Waals surface area contributed by atoms with Crippen LogP contribution >= 0.6 is 11.3 Å². The summed E-state index contributed by atoms with van der Waals surface area (Å²) in [5.74, 6) is 0.185. The maximum atomic E-state index is 13.4. The van der Waals surface area contributed by atoms with Crippen molar-refractivity contribution in [2.24, 2.45) is 0 Å². The molecule has 104 valence electrons. The van der Waals surface area contributed by atoms with E-state index in [4.69, 9.17) is 0 Å². The largest absolute Gasteiger partial charge is 0.334 e. The molecule has 2 aromatic rings. The number of nitrogens with one attached hydrogen (secondary N) is 2. The zero-order chi connectivity index (χ0) is 13.9. The molecule has 1 heterocycles. The van der Waals surface area contributed by atoms with Crippen LogP contribution in [0.3, 0.4) is 0 Å². The van der Waals surface area contributed by atoms with Crippen LogP contribution in [0.1, 0.15) is 29.3 Å². The quantitative estimate of drug-likeness (QED) is 0.910. The molecule has 0 atom stereocenters. The fraction of sp³-hybridized carbons (Fsp3) is 0.308. The molecule has 20 heavy (non-hydrogen) atoms. The summed E-state index contributed by atoms with van der Waals surface area (Å²) in [6.07, 6.45) is 2.29. The Labute approximate surface area is 119 Å². The standard InChI is InChI=1S/C13H13FN4OS/c14-10-4-2-1-3-9(10)7-15-12(19)16-13-18-17-11(20-13)8-5-6-8/h1-4,8H,5-7H2,(H2,15,16,18,19). The Morgan fingerprint density at radius 1 is 1.35 bits per heavy atom. The van der Waals surface area contributed by atoms with Gasteiger partial charge in [0, 0.05) is 18.0 Å². The van der Waals surface area contributed by atoms with E-state index in [1.165, 1.54) is 17.4 Å². The first-order valence-electron chi connectivity index (χ1n) is 6.34. The third-order valence-electron chi connectivity index (χ3n) is 2.98. The maximum absolute atomic E-state index is 13.4. The summed E-state index contributed by atoms with van der Waals surface area (Å²) < 4.78 is 13.4. The van der Waals surface area contributed by atoms with Crippen LogP contribution in [0.4, 0.5) is 14.3 Å². The number of hydrogen-bond acceptors (Lipinski definition) is 4. The molecular formula is C13H13FN4OS. The first kappa shape index (κ1) is 13.0. The molecule has 1 aliphatic rings. The minimum Gasteiger partial charge on any atom is -0.334 e. The number of aromatic nitrogens is 2. The number of halogens is 1. The van der Waals surface area contributed by atoms with E-state index in [2.05, 4.69) is 20.8 Å². The summed E-state index contributed by atoms with van der Waals surface area (Å²) in [5.41, 5.74) is 0.443. The number of urea groups is 1. The van der Waals surface area contributed by atoms with E-state index in [0.29, 0.717) is 16.6 Å². The van der Waals surface area contributed by atoms with E-state index >= 15 is 0 Å². The van der Waals surface area contributed by atoms with Crippen molar-refractivity contribution >= 4 is 22.5 Å². The number of rotatable bonds is 4. The molecule has 0 saturated heterocycles. The van der Waals surface area contributed by atoms with Gasteiger partial charge in [-0.05, 0) is 18.9 Å². The normalized spacial score (nSPS) is 14.1. The van der Waals surface area contributed by atoms with Gasteiger partial charge in [-0.1, -0.05) is 29.5 Å². The second kappa shape index (κ2) is 5.54. The van der Waals surface area contributed by atoms with Crippen molar-refractivity contribution in [3.8, 4) is 0 Å². The highest BCUT2D eigenvalue weighted by Gasteiger charge is 2.27. The van der Waals surface area contributed by atoms with E-state index in [0.717, 1.165) is 17.8 Å². The first-order valence-corrected chi connectivity index (χ1v) is 7.15. The van der Waals surface area contributed by atoms with E-state index < -0.39 is 6.03 Å². The van der Waals surface area contributed by atoms with Crippen molar-refractivity contribution in [3.05, 3.63) is 40.7 Å². The number of benzene rings is 1. The van der Waals surface area contributed by atoms with Crippen molar-refractivity contribution in [1.82, 2.24) is 15.5 Å². The average molecular weight is 292 g/mol. The molecule has 1 saturated carbocycles. The molecule has 0 spiro atoms. The van der Waals surface area contributed by atoms with Gasteiger partial charge in [-0.15, -0.1) is 10.2 Å². The number of anilines is 1. The van der Waals surface area contributed by atoms with Crippen molar-refractivity contribution in [2.75, 3.05) is 5.32 Å². The molecule has 3 rings (SSSR count). The highest BCUT2D eigenvalue weighted by atomic mass is 32.1. The predicted octanol–water partition coefficient (Wildman–Crippen LogP) is 2.88. The summed E-state index contributed by atoms with van der Waals surface area (Å²) in [6.45, 7) is 0.132. The summed E-state index contributed by atoms with van der Waals surface area (Å²) in [7, 11) is 0. The molecule has 0 radical (unpaired) electrons. The Balaban J connectivity index is 1.52. The molecule has 0 aliphatic heterocycles. The number of carbonyl (C=O) groups excluding carboxylic acids is 1. The van der Waals surface area contributed by atoms with Crippen LogP contribution in [0.2, 0.25) is 0 Å². The van der Waals surface area contributed by atoms with Crippen molar-refractivity contribution in [3.63, 3.8) is 0 Å². The van der Waals surface area contributed by atoms with Crippen LogP contribution in [0.15, 0.2) is 24.3 Å². The van der Waals surface area contributed by atoms with E-state index in [9.17, 15) is 9.18 Å². The Hall–Kier alpha value is -2.02. The Bertz CT molecular complexity index is 626. The molecule has 1 aromatic carbocycles. The van der Waals surface area contributed by atoms with Gasteiger partial charge in [0.05, 0.1) is 0 Å². The average Bonchev–Trinajstić information content (AvgIpc) is 3.19. The lowest BCUT2D eigenvalue weighted by Crippen LogP contribution is -2.28. The van der Waals surface area contributed by atoms with Gasteiger partial charge in [-0.2, -0.15) is 0 Å². The molecule has 1 aliphatic carbocycles. The third-order valence-corrected chi connectivity index (χ3v) is 3.99. The van der Waals surface area contributed by atoms with Gasteiger partial charge in [-0.3, -0.25) is 5.32 Å².